The quantitative estimate of drug-likeness (QED) is 0.652. The molecule has 0 bridgehead atoms. The summed E-state index contributed by atoms with van der Waals surface area (Å²) in [6, 6.07) is 1.31. The van der Waals surface area contributed by atoms with Gasteiger partial charge in [-0.05, 0) is 50.5 Å². The van der Waals surface area contributed by atoms with Crippen LogP contribution in [-0.2, 0) is 0 Å². The molecule has 0 aromatic carbocycles. The Hall–Kier alpha value is -0.0800. The van der Waals surface area contributed by atoms with Gasteiger partial charge < -0.3 is 11.1 Å². The topological polar surface area (TPSA) is 38.0 Å². The average Bonchev–Trinajstić information content (AvgIpc) is 2.97. The van der Waals surface area contributed by atoms with Crippen LogP contribution in [-0.4, -0.2) is 18.6 Å². The van der Waals surface area contributed by atoms with Crippen LogP contribution in [0.15, 0.2) is 0 Å². The van der Waals surface area contributed by atoms with E-state index >= 15 is 0 Å². The monoisotopic (exact) mass is 196 g/mol. The summed E-state index contributed by atoms with van der Waals surface area (Å²) >= 11 is 0. The summed E-state index contributed by atoms with van der Waals surface area (Å²) in [5, 5.41) is 3.63. The van der Waals surface area contributed by atoms with Gasteiger partial charge >= 0.3 is 0 Å². The minimum atomic E-state index is 0.478. The lowest BCUT2D eigenvalue weighted by atomic mass is 10.1. The van der Waals surface area contributed by atoms with Gasteiger partial charge in [0.2, 0.25) is 0 Å². The van der Waals surface area contributed by atoms with E-state index in [1.54, 1.807) is 0 Å². The molecule has 3 N–H and O–H groups in total. The molecule has 3 atom stereocenters. The van der Waals surface area contributed by atoms with Crippen LogP contribution in [0.4, 0.5) is 0 Å². The van der Waals surface area contributed by atoms with Gasteiger partial charge in [-0.1, -0.05) is 13.3 Å². The van der Waals surface area contributed by atoms with Crippen molar-refractivity contribution >= 4 is 0 Å². The molecule has 14 heavy (non-hydrogen) atoms. The van der Waals surface area contributed by atoms with Crippen LogP contribution >= 0.6 is 0 Å². The Morgan fingerprint density at radius 3 is 2.86 bits per heavy atom. The highest BCUT2D eigenvalue weighted by Crippen LogP contribution is 2.35. The molecule has 0 spiro atoms. The van der Waals surface area contributed by atoms with E-state index < -0.39 is 0 Å². The standard InChI is InChI=1S/C12H24N2/c1-2-3-10-8-12(10)14-7-6-11(13)9-4-5-9/h9-12,14H,2-8,13H2,1H3. The highest BCUT2D eigenvalue weighted by atomic mass is 15.0. The van der Waals surface area contributed by atoms with Crippen LogP contribution in [0.2, 0.25) is 0 Å². The van der Waals surface area contributed by atoms with E-state index in [0.717, 1.165) is 24.4 Å². The van der Waals surface area contributed by atoms with Crippen LogP contribution in [0.5, 0.6) is 0 Å². The summed E-state index contributed by atoms with van der Waals surface area (Å²) in [5.74, 6) is 1.85. The molecule has 0 aromatic heterocycles. The molecular weight excluding hydrogens is 172 g/mol. The summed E-state index contributed by atoms with van der Waals surface area (Å²) in [6.45, 7) is 3.42. The fraction of sp³-hybridized carbons (Fsp3) is 1.00. The summed E-state index contributed by atoms with van der Waals surface area (Å²) in [6.07, 6.45) is 8.09. The van der Waals surface area contributed by atoms with Gasteiger partial charge in [0.25, 0.3) is 0 Å². The second-order valence-electron chi connectivity index (χ2n) is 5.14. The molecule has 0 amide bonds. The van der Waals surface area contributed by atoms with Gasteiger partial charge in [-0.15, -0.1) is 0 Å². The van der Waals surface area contributed by atoms with Crippen LogP contribution in [0.25, 0.3) is 0 Å². The van der Waals surface area contributed by atoms with E-state index in [-0.39, 0.29) is 0 Å². The Morgan fingerprint density at radius 1 is 1.43 bits per heavy atom. The van der Waals surface area contributed by atoms with Crippen LogP contribution in [0.3, 0.4) is 0 Å². The SMILES string of the molecule is CCCC1CC1NCCC(N)C1CC1. The highest BCUT2D eigenvalue weighted by molar-refractivity contribution is 4.93. The average molecular weight is 196 g/mol. The van der Waals surface area contributed by atoms with Gasteiger partial charge in [0.1, 0.15) is 0 Å². The fourth-order valence-corrected chi connectivity index (χ4v) is 2.38. The lowest BCUT2D eigenvalue weighted by Crippen LogP contribution is -2.29. The summed E-state index contributed by atoms with van der Waals surface area (Å²) in [7, 11) is 0. The lowest BCUT2D eigenvalue weighted by molar-refractivity contribution is 0.504. The molecule has 82 valence electrons. The van der Waals surface area contributed by atoms with E-state index in [9.17, 15) is 0 Å². The zero-order valence-electron chi connectivity index (χ0n) is 9.34. The Labute approximate surface area is 87.6 Å². The molecule has 2 nitrogen and oxygen atoms in total. The van der Waals surface area contributed by atoms with Crippen LogP contribution in [0.1, 0.15) is 45.4 Å². The number of hydrogen-bond donors (Lipinski definition) is 2. The molecule has 2 aliphatic carbocycles. The first-order valence-electron chi connectivity index (χ1n) is 6.30. The number of hydrogen-bond acceptors (Lipinski definition) is 2. The third kappa shape index (κ3) is 2.96. The number of nitrogens with two attached hydrogens (primary N) is 1. The van der Waals surface area contributed by atoms with Gasteiger partial charge in [0, 0.05) is 12.1 Å². The normalized spacial score (nSPS) is 33.0. The molecule has 2 aliphatic rings. The molecule has 0 saturated heterocycles. The van der Waals surface area contributed by atoms with E-state index in [2.05, 4.69) is 12.2 Å². The molecule has 0 heterocycles. The molecule has 0 radical (unpaired) electrons. The van der Waals surface area contributed by atoms with Gasteiger partial charge in [0.05, 0.1) is 0 Å². The molecule has 2 rings (SSSR count). The van der Waals surface area contributed by atoms with Crippen LogP contribution < -0.4 is 11.1 Å². The van der Waals surface area contributed by atoms with Crippen molar-refractivity contribution in [2.75, 3.05) is 6.54 Å². The largest absolute Gasteiger partial charge is 0.327 e. The first-order valence-corrected chi connectivity index (χ1v) is 6.30. The van der Waals surface area contributed by atoms with E-state index in [1.807, 2.05) is 0 Å². The smallest absolute Gasteiger partial charge is 0.00991 e. The summed E-state index contributed by atoms with van der Waals surface area (Å²) in [4.78, 5) is 0. The second kappa shape index (κ2) is 4.63. The number of nitrogens with one attached hydrogen (secondary N) is 1. The maximum atomic E-state index is 6.04. The first-order chi connectivity index (χ1) is 6.81. The van der Waals surface area contributed by atoms with Gasteiger partial charge in [-0.2, -0.15) is 0 Å². The van der Waals surface area contributed by atoms with Crippen molar-refractivity contribution < 1.29 is 0 Å². The molecule has 2 saturated carbocycles. The summed E-state index contributed by atoms with van der Waals surface area (Å²) < 4.78 is 0. The molecule has 2 fully saturated rings. The van der Waals surface area contributed by atoms with Gasteiger partial charge in [0.15, 0.2) is 0 Å². The van der Waals surface area contributed by atoms with E-state index in [4.69, 9.17) is 5.73 Å². The third-order valence-corrected chi connectivity index (χ3v) is 3.69. The maximum Gasteiger partial charge on any atom is 0.00991 e. The van der Waals surface area contributed by atoms with Crippen molar-refractivity contribution in [2.24, 2.45) is 17.6 Å². The molecule has 0 aromatic rings. The number of rotatable bonds is 7. The van der Waals surface area contributed by atoms with E-state index in [1.165, 1.54) is 38.5 Å². The van der Waals surface area contributed by atoms with Gasteiger partial charge in [-0.3, -0.25) is 0 Å². The Morgan fingerprint density at radius 2 is 2.21 bits per heavy atom. The van der Waals surface area contributed by atoms with Crippen LogP contribution in [0, 0.1) is 11.8 Å². The fourth-order valence-electron chi connectivity index (χ4n) is 2.38. The zero-order chi connectivity index (χ0) is 9.97. The van der Waals surface area contributed by atoms with Crippen molar-refractivity contribution in [2.45, 2.75) is 57.5 Å². The van der Waals surface area contributed by atoms with Crippen molar-refractivity contribution in [3.05, 3.63) is 0 Å². The predicted octanol–water partition coefficient (Wildman–Crippen LogP) is 1.89. The zero-order valence-corrected chi connectivity index (χ0v) is 9.34. The Kier molecular flexibility index (Phi) is 3.45. The van der Waals surface area contributed by atoms with Gasteiger partial charge in [-0.25, -0.2) is 0 Å². The van der Waals surface area contributed by atoms with E-state index in [0.29, 0.717) is 6.04 Å². The molecule has 0 aliphatic heterocycles. The minimum absolute atomic E-state index is 0.478. The molecular formula is C12H24N2. The maximum absolute atomic E-state index is 6.04. The Balaban J connectivity index is 1.47. The third-order valence-electron chi connectivity index (χ3n) is 3.69. The summed E-state index contributed by atoms with van der Waals surface area (Å²) in [5.41, 5.74) is 6.04. The predicted molar refractivity (Wildman–Crippen MR) is 60.1 cm³/mol. The molecule has 2 heteroatoms. The molecule has 3 unspecified atom stereocenters. The van der Waals surface area contributed by atoms with Crippen molar-refractivity contribution in [3.63, 3.8) is 0 Å². The van der Waals surface area contributed by atoms with Crippen molar-refractivity contribution in [1.82, 2.24) is 5.32 Å². The lowest BCUT2D eigenvalue weighted by Gasteiger charge is -2.10. The first kappa shape index (κ1) is 10.4. The Bertz CT molecular complexity index is 177. The van der Waals surface area contributed by atoms with Crippen molar-refractivity contribution in [1.29, 1.82) is 0 Å². The van der Waals surface area contributed by atoms with Crippen molar-refractivity contribution in [3.8, 4) is 0 Å². The highest BCUT2D eigenvalue weighted by Gasteiger charge is 2.35. The minimum Gasteiger partial charge on any atom is -0.327 e. The second-order valence-corrected chi connectivity index (χ2v) is 5.14.